The van der Waals surface area contributed by atoms with E-state index in [9.17, 15) is 9.90 Å². The zero-order valence-electron chi connectivity index (χ0n) is 23.7. The summed E-state index contributed by atoms with van der Waals surface area (Å²) >= 11 is 6.09. The first kappa shape index (κ1) is 27.7. The molecule has 0 atom stereocenters. The Labute approximate surface area is 257 Å². The molecule has 7 rings (SSSR count). The van der Waals surface area contributed by atoms with Crippen molar-refractivity contribution in [1.82, 2.24) is 35.2 Å². The maximum absolute atomic E-state index is 11.7. The number of aromatic amines is 1. The molecule has 10 nitrogen and oxygen atoms in total. The highest BCUT2D eigenvalue weighted by Gasteiger charge is 2.24. The van der Waals surface area contributed by atoms with Gasteiger partial charge < -0.3 is 14.4 Å². The Morgan fingerprint density at radius 1 is 0.955 bits per heavy atom. The lowest BCUT2D eigenvalue weighted by Gasteiger charge is -2.25. The molecule has 2 N–H and O–H groups in total. The van der Waals surface area contributed by atoms with Crippen molar-refractivity contribution in [3.05, 3.63) is 95.1 Å². The predicted molar refractivity (Wildman–Crippen MR) is 166 cm³/mol. The smallest absolute Gasteiger partial charge is 0.335 e. The third kappa shape index (κ3) is 5.51. The molecule has 0 saturated heterocycles. The average Bonchev–Trinajstić information content (AvgIpc) is 3.73. The number of carbonyl (C=O) groups is 1. The van der Waals surface area contributed by atoms with E-state index in [2.05, 4.69) is 25.2 Å². The van der Waals surface area contributed by atoms with Crippen molar-refractivity contribution in [1.29, 1.82) is 0 Å². The second-order valence-corrected chi connectivity index (χ2v) is 11.3. The second-order valence-electron chi connectivity index (χ2n) is 10.9. The van der Waals surface area contributed by atoms with Crippen LogP contribution < -0.4 is 4.74 Å². The molecular formula is C33H28ClN7O3. The van der Waals surface area contributed by atoms with Gasteiger partial charge in [0.2, 0.25) is 5.82 Å². The summed E-state index contributed by atoms with van der Waals surface area (Å²) in [4.78, 5) is 21.5. The molecule has 0 amide bonds. The van der Waals surface area contributed by atoms with Crippen LogP contribution in [0.4, 0.5) is 0 Å². The van der Waals surface area contributed by atoms with E-state index < -0.39 is 5.97 Å². The van der Waals surface area contributed by atoms with Crippen molar-refractivity contribution < 1.29 is 14.6 Å². The summed E-state index contributed by atoms with van der Waals surface area (Å²) in [6.45, 7) is 0.196. The van der Waals surface area contributed by atoms with Gasteiger partial charge in [-0.05, 0) is 89.3 Å². The van der Waals surface area contributed by atoms with Crippen LogP contribution in [0.2, 0.25) is 5.02 Å². The Morgan fingerprint density at radius 2 is 1.73 bits per heavy atom. The minimum Gasteiger partial charge on any atom is -0.489 e. The van der Waals surface area contributed by atoms with Crippen LogP contribution in [0, 0.1) is 0 Å². The number of rotatable bonds is 8. The monoisotopic (exact) mass is 605 g/mol. The van der Waals surface area contributed by atoms with Crippen molar-refractivity contribution in [2.45, 2.75) is 44.8 Å². The molecule has 0 aliphatic heterocycles. The Bertz CT molecular complexity index is 1930. The molecule has 11 heteroatoms. The van der Waals surface area contributed by atoms with E-state index >= 15 is 0 Å². The maximum Gasteiger partial charge on any atom is 0.335 e. The molecule has 3 aromatic carbocycles. The van der Waals surface area contributed by atoms with Crippen LogP contribution in [-0.4, -0.2) is 46.2 Å². The first-order valence-corrected chi connectivity index (χ1v) is 14.9. The van der Waals surface area contributed by atoms with Crippen molar-refractivity contribution in [2.24, 2.45) is 0 Å². The quantitative estimate of drug-likeness (QED) is 0.184. The van der Waals surface area contributed by atoms with Gasteiger partial charge in [0.25, 0.3) is 0 Å². The number of benzene rings is 3. The predicted octanol–water partition coefficient (Wildman–Crippen LogP) is 7.38. The number of H-pyrrole nitrogens is 1. The van der Waals surface area contributed by atoms with Gasteiger partial charge in [-0.3, -0.25) is 0 Å². The normalized spacial score (nSPS) is 13.8. The van der Waals surface area contributed by atoms with Gasteiger partial charge >= 0.3 is 5.97 Å². The molecule has 3 aromatic heterocycles. The number of hydrogen-bond acceptors (Lipinski definition) is 7. The van der Waals surface area contributed by atoms with E-state index in [-0.39, 0.29) is 12.2 Å². The fraction of sp³-hybridized carbons (Fsp3) is 0.212. The SMILES string of the molecule is O=C(O)c1ccc(-c2ccc(Cl)cc2)c(COc2ccc(-c3nc4cc(-c5nn[nH]n5)cnc4n3C3CCCCC3)cc2)c1. The number of halogens is 1. The molecule has 0 bridgehead atoms. The molecule has 220 valence electrons. The summed E-state index contributed by atoms with van der Waals surface area (Å²) in [5.41, 5.74) is 6.11. The number of carboxylic acid groups (broad SMARTS) is 1. The standard InChI is InChI=1S/C33H28ClN7O3/c34-25-11-6-20(7-12-25)28-15-10-22(33(42)43)16-24(28)19-44-27-13-8-21(9-14-27)31-36-29-17-23(30-37-39-40-38-30)18-35-32(29)41(31)26-4-2-1-3-5-26/h6-18,26H,1-5,19H2,(H,42,43)(H,37,38,39,40). The second kappa shape index (κ2) is 11.9. The molecule has 1 saturated carbocycles. The van der Waals surface area contributed by atoms with Gasteiger partial charge in [0.15, 0.2) is 5.65 Å². The largest absolute Gasteiger partial charge is 0.489 e. The number of nitrogens with zero attached hydrogens (tertiary/aromatic N) is 6. The summed E-state index contributed by atoms with van der Waals surface area (Å²) in [5, 5.41) is 24.6. The van der Waals surface area contributed by atoms with Crippen LogP contribution in [0.15, 0.2) is 79.0 Å². The zero-order chi connectivity index (χ0) is 30.0. The summed E-state index contributed by atoms with van der Waals surface area (Å²) in [6, 6.07) is 22.6. The number of aromatic carboxylic acids is 1. The summed E-state index contributed by atoms with van der Waals surface area (Å²) in [7, 11) is 0. The van der Waals surface area contributed by atoms with E-state index in [1.165, 1.54) is 19.3 Å². The number of nitrogens with one attached hydrogen (secondary N) is 1. The molecule has 0 spiro atoms. The lowest BCUT2D eigenvalue weighted by atomic mass is 9.95. The van der Waals surface area contributed by atoms with E-state index in [0.29, 0.717) is 22.6 Å². The van der Waals surface area contributed by atoms with Gasteiger partial charge in [-0.1, -0.05) is 49.1 Å². The van der Waals surface area contributed by atoms with Gasteiger partial charge in [0, 0.05) is 28.4 Å². The number of ether oxygens (including phenoxy) is 1. The summed E-state index contributed by atoms with van der Waals surface area (Å²) in [6.07, 6.45) is 7.54. The third-order valence-electron chi connectivity index (χ3n) is 8.09. The first-order valence-electron chi connectivity index (χ1n) is 14.5. The van der Waals surface area contributed by atoms with Crippen LogP contribution in [0.3, 0.4) is 0 Å². The van der Waals surface area contributed by atoms with Gasteiger partial charge in [-0.25, -0.2) is 14.8 Å². The Morgan fingerprint density at radius 3 is 2.45 bits per heavy atom. The highest BCUT2D eigenvalue weighted by Crippen LogP contribution is 2.36. The highest BCUT2D eigenvalue weighted by molar-refractivity contribution is 6.30. The molecule has 1 aliphatic rings. The molecule has 44 heavy (non-hydrogen) atoms. The number of imidazole rings is 1. The van der Waals surface area contributed by atoms with E-state index in [0.717, 1.165) is 57.6 Å². The van der Waals surface area contributed by atoms with Crippen LogP contribution in [0.1, 0.15) is 54.1 Å². The zero-order valence-corrected chi connectivity index (χ0v) is 24.4. The number of carboxylic acids is 1. The molecule has 1 aliphatic carbocycles. The molecule has 3 heterocycles. The maximum atomic E-state index is 11.7. The van der Waals surface area contributed by atoms with Gasteiger partial charge in [0.1, 0.15) is 23.7 Å². The van der Waals surface area contributed by atoms with E-state index in [1.807, 2.05) is 60.7 Å². The van der Waals surface area contributed by atoms with E-state index in [4.69, 9.17) is 26.3 Å². The lowest BCUT2D eigenvalue weighted by Crippen LogP contribution is -2.14. The first-order chi connectivity index (χ1) is 21.5. The van der Waals surface area contributed by atoms with Crippen molar-refractivity contribution >= 4 is 28.7 Å². The van der Waals surface area contributed by atoms with Gasteiger partial charge in [-0.2, -0.15) is 5.21 Å². The molecule has 6 aromatic rings. The Kier molecular flexibility index (Phi) is 7.49. The number of tetrazole rings is 1. The Balaban J connectivity index is 1.19. The fourth-order valence-electron chi connectivity index (χ4n) is 5.90. The summed E-state index contributed by atoms with van der Waals surface area (Å²) in [5.74, 6) is 1.01. The average molecular weight is 606 g/mol. The third-order valence-corrected chi connectivity index (χ3v) is 8.34. The van der Waals surface area contributed by atoms with Crippen molar-refractivity contribution in [3.8, 4) is 39.7 Å². The molecular weight excluding hydrogens is 578 g/mol. The highest BCUT2D eigenvalue weighted by atomic mass is 35.5. The number of hydrogen-bond donors (Lipinski definition) is 2. The number of aromatic nitrogens is 7. The minimum atomic E-state index is -0.988. The number of pyridine rings is 1. The topological polar surface area (TPSA) is 132 Å². The number of fused-ring (bicyclic) bond motifs is 1. The van der Waals surface area contributed by atoms with Crippen LogP contribution >= 0.6 is 11.6 Å². The summed E-state index contributed by atoms with van der Waals surface area (Å²) < 4.78 is 8.46. The van der Waals surface area contributed by atoms with Crippen LogP contribution in [0.5, 0.6) is 5.75 Å². The molecule has 1 fully saturated rings. The molecule has 0 radical (unpaired) electrons. The van der Waals surface area contributed by atoms with E-state index in [1.54, 1.807) is 18.3 Å². The van der Waals surface area contributed by atoms with Gasteiger partial charge in [0.05, 0.1) is 5.56 Å². The van der Waals surface area contributed by atoms with Crippen LogP contribution in [0.25, 0.3) is 45.1 Å². The van der Waals surface area contributed by atoms with Crippen molar-refractivity contribution in [2.75, 3.05) is 0 Å². The van der Waals surface area contributed by atoms with Crippen molar-refractivity contribution in [3.63, 3.8) is 0 Å². The lowest BCUT2D eigenvalue weighted by molar-refractivity contribution is 0.0696. The minimum absolute atomic E-state index is 0.196. The van der Waals surface area contributed by atoms with Crippen LogP contribution in [-0.2, 0) is 6.61 Å². The Hall–Kier alpha value is -5.09. The fourth-order valence-corrected chi connectivity index (χ4v) is 6.02. The van der Waals surface area contributed by atoms with Gasteiger partial charge in [-0.15, -0.1) is 10.2 Å². The molecule has 0 unspecified atom stereocenters.